The molecule has 0 amide bonds. The number of benzene rings is 1. The SMILES string of the molecule is Fc1ccc2nc(CCCCl)[nH]c2c1. The van der Waals surface area contributed by atoms with Gasteiger partial charge in [-0.15, -0.1) is 11.6 Å². The van der Waals surface area contributed by atoms with Gasteiger partial charge in [-0.05, 0) is 24.6 Å². The summed E-state index contributed by atoms with van der Waals surface area (Å²) in [5.41, 5.74) is 1.55. The van der Waals surface area contributed by atoms with Crippen LogP contribution in [-0.2, 0) is 6.42 Å². The number of hydrogen-bond donors (Lipinski definition) is 1. The molecule has 0 fully saturated rings. The Labute approximate surface area is 86.1 Å². The van der Waals surface area contributed by atoms with Crippen molar-refractivity contribution in [3.05, 3.63) is 29.8 Å². The molecule has 1 aromatic carbocycles. The Bertz CT molecular complexity index is 439. The number of imidazole rings is 1. The average Bonchev–Trinajstić information content (AvgIpc) is 2.56. The maximum absolute atomic E-state index is 12.8. The smallest absolute Gasteiger partial charge is 0.125 e. The third-order valence-electron chi connectivity index (χ3n) is 2.04. The predicted octanol–water partition coefficient (Wildman–Crippen LogP) is 2.87. The monoisotopic (exact) mass is 212 g/mol. The Morgan fingerprint density at radius 3 is 3.07 bits per heavy atom. The van der Waals surface area contributed by atoms with Gasteiger partial charge in [0.1, 0.15) is 11.6 Å². The third-order valence-corrected chi connectivity index (χ3v) is 2.31. The van der Waals surface area contributed by atoms with E-state index in [1.165, 1.54) is 12.1 Å². The molecule has 0 saturated carbocycles. The van der Waals surface area contributed by atoms with Crippen LogP contribution in [-0.4, -0.2) is 15.8 Å². The number of aromatic nitrogens is 2. The van der Waals surface area contributed by atoms with Gasteiger partial charge in [-0.25, -0.2) is 9.37 Å². The molecule has 0 atom stereocenters. The van der Waals surface area contributed by atoms with E-state index in [4.69, 9.17) is 11.6 Å². The minimum absolute atomic E-state index is 0.245. The van der Waals surface area contributed by atoms with Crippen LogP contribution in [0.4, 0.5) is 4.39 Å². The van der Waals surface area contributed by atoms with E-state index >= 15 is 0 Å². The van der Waals surface area contributed by atoms with Crippen molar-refractivity contribution >= 4 is 22.6 Å². The van der Waals surface area contributed by atoms with Gasteiger partial charge in [-0.2, -0.15) is 0 Å². The second-order valence-electron chi connectivity index (χ2n) is 3.14. The summed E-state index contributed by atoms with van der Waals surface area (Å²) in [5.74, 6) is 1.24. The summed E-state index contributed by atoms with van der Waals surface area (Å²) in [6, 6.07) is 4.53. The molecule has 0 radical (unpaired) electrons. The van der Waals surface area contributed by atoms with Gasteiger partial charge < -0.3 is 4.98 Å². The zero-order valence-corrected chi connectivity index (χ0v) is 8.31. The van der Waals surface area contributed by atoms with E-state index in [0.29, 0.717) is 5.88 Å². The van der Waals surface area contributed by atoms with Crippen LogP contribution in [0.5, 0.6) is 0 Å². The van der Waals surface area contributed by atoms with Gasteiger partial charge in [-0.1, -0.05) is 0 Å². The predicted molar refractivity (Wildman–Crippen MR) is 55.1 cm³/mol. The van der Waals surface area contributed by atoms with Crippen LogP contribution < -0.4 is 0 Å². The molecule has 2 rings (SSSR count). The minimum Gasteiger partial charge on any atom is -0.342 e. The second-order valence-corrected chi connectivity index (χ2v) is 3.52. The summed E-state index contributed by atoms with van der Waals surface area (Å²) in [7, 11) is 0. The number of rotatable bonds is 3. The van der Waals surface area contributed by atoms with Crippen LogP contribution >= 0.6 is 11.6 Å². The second kappa shape index (κ2) is 3.96. The van der Waals surface area contributed by atoms with Crippen LogP contribution in [0.2, 0.25) is 0 Å². The van der Waals surface area contributed by atoms with Crippen molar-refractivity contribution in [2.75, 3.05) is 5.88 Å². The summed E-state index contributed by atoms with van der Waals surface area (Å²) < 4.78 is 12.8. The molecular weight excluding hydrogens is 203 g/mol. The fraction of sp³-hybridized carbons (Fsp3) is 0.300. The van der Waals surface area contributed by atoms with Crippen molar-refractivity contribution in [3.8, 4) is 0 Å². The first-order valence-electron chi connectivity index (χ1n) is 4.50. The Kier molecular flexibility index (Phi) is 2.68. The first-order valence-corrected chi connectivity index (χ1v) is 5.03. The number of nitrogens with one attached hydrogen (secondary N) is 1. The van der Waals surface area contributed by atoms with E-state index in [1.54, 1.807) is 6.07 Å². The van der Waals surface area contributed by atoms with Gasteiger partial charge in [-0.3, -0.25) is 0 Å². The highest BCUT2D eigenvalue weighted by molar-refractivity contribution is 6.17. The van der Waals surface area contributed by atoms with Crippen molar-refractivity contribution in [2.24, 2.45) is 0 Å². The highest BCUT2D eigenvalue weighted by Crippen LogP contribution is 2.13. The summed E-state index contributed by atoms with van der Waals surface area (Å²) in [6.07, 6.45) is 1.68. The Morgan fingerprint density at radius 1 is 1.43 bits per heavy atom. The van der Waals surface area contributed by atoms with Gasteiger partial charge in [0.2, 0.25) is 0 Å². The van der Waals surface area contributed by atoms with E-state index in [0.717, 1.165) is 29.7 Å². The molecule has 0 bridgehead atoms. The van der Waals surface area contributed by atoms with Crippen molar-refractivity contribution in [3.63, 3.8) is 0 Å². The van der Waals surface area contributed by atoms with Gasteiger partial charge >= 0.3 is 0 Å². The number of aryl methyl sites for hydroxylation is 1. The standard InChI is InChI=1S/C10H10ClFN2/c11-5-1-2-10-13-8-4-3-7(12)6-9(8)14-10/h3-4,6H,1-2,5H2,(H,13,14). The van der Waals surface area contributed by atoms with Crippen molar-refractivity contribution in [1.82, 2.24) is 9.97 Å². The molecule has 0 aliphatic rings. The molecule has 1 heterocycles. The molecule has 14 heavy (non-hydrogen) atoms. The van der Waals surface area contributed by atoms with E-state index in [2.05, 4.69) is 9.97 Å². The van der Waals surface area contributed by atoms with E-state index < -0.39 is 0 Å². The number of aromatic amines is 1. The maximum atomic E-state index is 12.8. The number of hydrogen-bond acceptors (Lipinski definition) is 1. The van der Waals surface area contributed by atoms with Crippen LogP contribution in [0.15, 0.2) is 18.2 Å². The van der Waals surface area contributed by atoms with E-state index in [1.807, 2.05) is 0 Å². The molecule has 1 N–H and O–H groups in total. The summed E-state index contributed by atoms with van der Waals surface area (Å²) >= 11 is 5.57. The highest BCUT2D eigenvalue weighted by Gasteiger charge is 2.02. The van der Waals surface area contributed by atoms with Gasteiger partial charge in [0.15, 0.2) is 0 Å². The van der Waals surface area contributed by atoms with Crippen molar-refractivity contribution in [2.45, 2.75) is 12.8 Å². The lowest BCUT2D eigenvalue weighted by Crippen LogP contribution is -1.87. The minimum atomic E-state index is -0.245. The lowest BCUT2D eigenvalue weighted by atomic mass is 10.3. The van der Waals surface area contributed by atoms with Gasteiger partial charge in [0.05, 0.1) is 11.0 Å². The molecule has 0 saturated heterocycles. The molecule has 2 nitrogen and oxygen atoms in total. The highest BCUT2D eigenvalue weighted by atomic mass is 35.5. The molecule has 0 spiro atoms. The average molecular weight is 213 g/mol. The zero-order valence-electron chi connectivity index (χ0n) is 7.56. The first kappa shape index (κ1) is 9.46. The van der Waals surface area contributed by atoms with Crippen LogP contribution in [0.25, 0.3) is 11.0 Å². The summed E-state index contributed by atoms with van der Waals surface area (Å²) in [6.45, 7) is 0. The van der Waals surface area contributed by atoms with Crippen LogP contribution in [0, 0.1) is 5.82 Å². The first-order chi connectivity index (χ1) is 6.79. The lowest BCUT2D eigenvalue weighted by Gasteiger charge is -1.89. The van der Waals surface area contributed by atoms with Crippen molar-refractivity contribution < 1.29 is 4.39 Å². The maximum Gasteiger partial charge on any atom is 0.125 e. The molecular formula is C10H10ClFN2. The topological polar surface area (TPSA) is 28.7 Å². The van der Waals surface area contributed by atoms with Crippen molar-refractivity contribution in [1.29, 1.82) is 0 Å². The summed E-state index contributed by atoms with van der Waals surface area (Å²) in [5, 5.41) is 0. The Hall–Kier alpha value is -1.09. The fourth-order valence-electron chi connectivity index (χ4n) is 1.39. The molecule has 1 aromatic heterocycles. The third kappa shape index (κ3) is 1.87. The molecule has 0 aliphatic heterocycles. The lowest BCUT2D eigenvalue weighted by molar-refractivity contribution is 0.629. The number of fused-ring (bicyclic) bond motifs is 1. The zero-order chi connectivity index (χ0) is 9.97. The van der Waals surface area contributed by atoms with Gasteiger partial charge in [0.25, 0.3) is 0 Å². The molecule has 74 valence electrons. The van der Waals surface area contributed by atoms with E-state index in [9.17, 15) is 4.39 Å². The number of H-pyrrole nitrogens is 1. The fourth-order valence-corrected chi connectivity index (χ4v) is 1.52. The summed E-state index contributed by atoms with van der Waals surface area (Å²) in [4.78, 5) is 7.37. The molecule has 0 unspecified atom stereocenters. The number of halogens is 2. The Morgan fingerprint density at radius 2 is 2.29 bits per heavy atom. The normalized spacial score (nSPS) is 11.0. The largest absolute Gasteiger partial charge is 0.342 e. The molecule has 0 aliphatic carbocycles. The quantitative estimate of drug-likeness (QED) is 0.779. The Balaban J connectivity index is 2.32. The van der Waals surface area contributed by atoms with Crippen LogP contribution in [0.3, 0.4) is 0 Å². The molecule has 2 aromatic rings. The van der Waals surface area contributed by atoms with E-state index in [-0.39, 0.29) is 5.82 Å². The number of nitrogens with zero attached hydrogens (tertiary/aromatic N) is 1. The van der Waals surface area contributed by atoms with Crippen LogP contribution in [0.1, 0.15) is 12.2 Å². The van der Waals surface area contributed by atoms with Gasteiger partial charge in [0, 0.05) is 12.3 Å². The molecule has 4 heteroatoms. The number of alkyl halides is 1.